The Bertz CT molecular complexity index is 266. The predicted octanol–water partition coefficient (Wildman–Crippen LogP) is 0.918. The van der Waals surface area contributed by atoms with Gasteiger partial charge in [0.1, 0.15) is 0 Å². The molecule has 0 aliphatic heterocycles. The molecule has 0 radical (unpaired) electrons. The zero-order valence-electron chi connectivity index (χ0n) is 10.9. The molecule has 100 valence electrons. The number of carboxylic acids is 1. The molecule has 0 spiro atoms. The van der Waals surface area contributed by atoms with Crippen LogP contribution in [0.25, 0.3) is 0 Å². The molecule has 0 unspecified atom stereocenters. The minimum Gasteiger partial charge on any atom is -0.481 e. The number of hydrogen-bond acceptors (Lipinski definition) is 3. The van der Waals surface area contributed by atoms with Gasteiger partial charge >= 0.3 is 12.0 Å². The van der Waals surface area contributed by atoms with Crippen LogP contribution in [0, 0.1) is 0 Å². The number of likely N-dealkylation sites (N-methyl/N-ethyl adjacent to an activating group) is 1. The molecule has 6 nitrogen and oxygen atoms in total. The van der Waals surface area contributed by atoms with Gasteiger partial charge in [-0.3, -0.25) is 4.79 Å². The molecule has 17 heavy (non-hydrogen) atoms. The van der Waals surface area contributed by atoms with Crippen LogP contribution in [0.15, 0.2) is 0 Å². The van der Waals surface area contributed by atoms with E-state index in [1.54, 1.807) is 25.9 Å². The summed E-state index contributed by atoms with van der Waals surface area (Å²) in [4.78, 5) is 24.0. The number of hydrogen-bond donors (Lipinski definition) is 2. The van der Waals surface area contributed by atoms with Crippen molar-refractivity contribution in [3.63, 3.8) is 0 Å². The highest BCUT2D eigenvalue weighted by molar-refractivity contribution is 5.76. The summed E-state index contributed by atoms with van der Waals surface area (Å²) in [6, 6.07) is -0.268. The molecule has 0 aromatic carbocycles. The molecule has 2 amide bonds. The molecule has 0 saturated heterocycles. The summed E-state index contributed by atoms with van der Waals surface area (Å²) in [5, 5.41) is 11.4. The van der Waals surface area contributed by atoms with Crippen molar-refractivity contribution in [1.82, 2.24) is 10.2 Å². The van der Waals surface area contributed by atoms with Crippen LogP contribution >= 0.6 is 0 Å². The van der Waals surface area contributed by atoms with Gasteiger partial charge in [-0.15, -0.1) is 0 Å². The van der Waals surface area contributed by atoms with Crippen molar-refractivity contribution < 1.29 is 19.4 Å². The Morgan fingerprint density at radius 1 is 1.41 bits per heavy atom. The van der Waals surface area contributed by atoms with Gasteiger partial charge in [0, 0.05) is 25.7 Å². The Hall–Kier alpha value is -1.30. The second kappa shape index (κ2) is 7.11. The number of rotatable bonds is 7. The first-order valence-electron chi connectivity index (χ1n) is 5.60. The fraction of sp³-hybridized carbons (Fsp3) is 0.818. The number of carbonyl (C=O) groups is 2. The summed E-state index contributed by atoms with van der Waals surface area (Å²) in [7, 11) is 1.57. The van der Waals surface area contributed by atoms with Gasteiger partial charge < -0.3 is 20.1 Å². The molecule has 0 atom stereocenters. The Morgan fingerprint density at radius 3 is 2.41 bits per heavy atom. The molecular formula is C11H22N2O4. The number of aliphatic carboxylic acids is 1. The zero-order valence-corrected chi connectivity index (χ0v) is 10.9. The topological polar surface area (TPSA) is 78.9 Å². The summed E-state index contributed by atoms with van der Waals surface area (Å²) in [5.41, 5.74) is -0.761. The van der Waals surface area contributed by atoms with Crippen LogP contribution in [0.2, 0.25) is 0 Å². The van der Waals surface area contributed by atoms with E-state index < -0.39 is 11.5 Å². The first kappa shape index (κ1) is 15.7. The van der Waals surface area contributed by atoms with Crippen molar-refractivity contribution >= 4 is 12.0 Å². The number of carbonyl (C=O) groups excluding carboxylic acids is 1. The summed E-state index contributed by atoms with van der Waals surface area (Å²) in [5.74, 6) is -0.935. The third-order valence-corrected chi connectivity index (χ3v) is 2.27. The van der Waals surface area contributed by atoms with E-state index >= 15 is 0 Å². The summed E-state index contributed by atoms with van der Waals surface area (Å²) in [6.07, 6.45) is -0.111. The lowest BCUT2D eigenvalue weighted by Crippen LogP contribution is -2.51. The Kier molecular flexibility index (Phi) is 6.57. The Labute approximate surface area is 102 Å². The summed E-state index contributed by atoms with van der Waals surface area (Å²) in [6.45, 7) is 6.73. The highest BCUT2D eigenvalue weighted by Gasteiger charge is 2.25. The zero-order chi connectivity index (χ0) is 13.5. The number of nitrogens with one attached hydrogen (secondary N) is 1. The van der Waals surface area contributed by atoms with Gasteiger partial charge in [-0.2, -0.15) is 0 Å². The van der Waals surface area contributed by atoms with E-state index in [1.165, 1.54) is 0 Å². The number of urea groups is 1. The van der Waals surface area contributed by atoms with Crippen LogP contribution in [-0.2, 0) is 9.53 Å². The highest BCUT2D eigenvalue weighted by atomic mass is 16.5. The SMILES string of the molecule is CCN(CCOC)C(=O)NC(C)(C)CC(=O)O. The van der Waals surface area contributed by atoms with E-state index in [1.807, 2.05) is 6.92 Å². The maximum absolute atomic E-state index is 11.8. The van der Waals surface area contributed by atoms with Gasteiger partial charge in [0.25, 0.3) is 0 Å². The van der Waals surface area contributed by atoms with Crippen molar-refractivity contribution in [2.45, 2.75) is 32.7 Å². The minimum absolute atomic E-state index is 0.111. The maximum atomic E-state index is 11.8. The number of methoxy groups -OCH3 is 1. The van der Waals surface area contributed by atoms with E-state index in [0.717, 1.165) is 0 Å². The standard InChI is InChI=1S/C11H22N2O4/c1-5-13(6-7-17-4)10(16)12-11(2,3)8-9(14)15/h5-8H2,1-4H3,(H,12,16)(H,14,15). The van der Waals surface area contributed by atoms with E-state index in [-0.39, 0.29) is 12.5 Å². The number of amides is 2. The fourth-order valence-corrected chi connectivity index (χ4v) is 1.40. The molecule has 0 saturated carbocycles. The highest BCUT2D eigenvalue weighted by Crippen LogP contribution is 2.08. The molecular weight excluding hydrogens is 224 g/mol. The van der Waals surface area contributed by atoms with Gasteiger partial charge in [-0.25, -0.2) is 4.79 Å². The molecule has 6 heteroatoms. The first-order chi connectivity index (χ1) is 7.82. The van der Waals surface area contributed by atoms with Crippen LogP contribution in [-0.4, -0.2) is 54.4 Å². The normalized spacial score (nSPS) is 11.1. The lowest BCUT2D eigenvalue weighted by Gasteiger charge is -2.29. The molecule has 0 fully saturated rings. The van der Waals surface area contributed by atoms with Crippen LogP contribution in [0.5, 0.6) is 0 Å². The lowest BCUT2D eigenvalue weighted by molar-refractivity contribution is -0.138. The second-order valence-electron chi connectivity index (χ2n) is 4.46. The van der Waals surface area contributed by atoms with Crippen molar-refractivity contribution in [2.24, 2.45) is 0 Å². The number of ether oxygens (including phenoxy) is 1. The lowest BCUT2D eigenvalue weighted by atomic mass is 10.0. The van der Waals surface area contributed by atoms with Gasteiger partial charge in [0.15, 0.2) is 0 Å². The third kappa shape index (κ3) is 6.78. The molecule has 0 aromatic rings. The Balaban J connectivity index is 4.33. The average molecular weight is 246 g/mol. The average Bonchev–Trinajstić information content (AvgIpc) is 2.15. The second-order valence-corrected chi connectivity index (χ2v) is 4.46. The van der Waals surface area contributed by atoms with E-state index in [4.69, 9.17) is 9.84 Å². The molecule has 0 aliphatic carbocycles. The maximum Gasteiger partial charge on any atom is 0.317 e. The van der Waals surface area contributed by atoms with Crippen molar-refractivity contribution in [2.75, 3.05) is 26.8 Å². The van der Waals surface area contributed by atoms with E-state index in [9.17, 15) is 9.59 Å². The fourth-order valence-electron chi connectivity index (χ4n) is 1.40. The monoisotopic (exact) mass is 246 g/mol. The molecule has 0 heterocycles. The van der Waals surface area contributed by atoms with Gasteiger partial charge in [0.05, 0.1) is 13.0 Å². The van der Waals surface area contributed by atoms with Crippen LogP contribution in [0.1, 0.15) is 27.2 Å². The van der Waals surface area contributed by atoms with Crippen LogP contribution in [0.3, 0.4) is 0 Å². The molecule has 2 N–H and O–H groups in total. The molecule has 0 aliphatic rings. The van der Waals surface area contributed by atoms with Crippen LogP contribution in [0.4, 0.5) is 4.79 Å². The van der Waals surface area contributed by atoms with Crippen LogP contribution < -0.4 is 5.32 Å². The van der Waals surface area contributed by atoms with Crippen molar-refractivity contribution in [3.05, 3.63) is 0 Å². The quantitative estimate of drug-likeness (QED) is 0.700. The first-order valence-corrected chi connectivity index (χ1v) is 5.60. The van der Waals surface area contributed by atoms with Gasteiger partial charge in [0.2, 0.25) is 0 Å². The minimum atomic E-state index is -0.935. The van der Waals surface area contributed by atoms with E-state index in [0.29, 0.717) is 19.7 Å². The molecule has 0 rings (SSSR count). The summed E-state index contributed by atoms with van der Waals surface area (Å²) < 4.78 is 4.90. The largest absolute Gasteiger partial charge is 0.481 e. The van der Waals surface area contributed by atoms with Crippen molar-refractivity contribution in [3.8, 4) is 0 Å². The Morgan fingerprint density at radius 2 is 2.00 bits per heavy atom. The summed E-state index contributed by atoms with van der Waals surface area (Å²) >= 11 is 0. The predicted molar refractivity (Wildman–Crippen MR) is 64.0 cm³/mol. The molecule has 0 aromatic heterocycles. The number of carboxylic acid groups (broad SMARTS) is 1. The van der Waals surface area contributed by atoms with Crippen molar-refractivity contribution in [1.29, 1.82) is 0 Å². The molecule has 0 bridgehead atoms. The smallest absolute Gasteiger partial charge is 0.317 e. The van der Waals surface area contributed by atoms with Gasteiger partial charge in [-0.05, 0) is 20.8 Å². The van der Waals surface area contributed by atoms with Gasteiger partial charge in [-0.1, -0.05) is 0 Å². The number of nitrogens with zero attached hydrogens (tertiary/aromatic N) is 1. The third-order valence-electron chi connectivity index (χ3n) is 2.27. The van der Waals surface area contributed by atoms with E-state index in [2.05, 4.69) is 5.32 Å².